The van der Waals surface area contributed by atoms with Crippen LogP contribution in [0.15, 0.2) is 97.8 Å². The quantitative estimate of drug-likeness (QED) is 0.0490. The largest absolute Gasteiger partial charge is 0.497 e. The summed E-state index contributed by atoms with van der Waals surface area (Å²) in [5, 5.41) is 11.2. The molecule has 302 valence electrons. The van der Waals surface area contributed by atoms with Gasteiger partial charge in [-0.25, -0.2) is 19.6 Å². The van der Waals surface area contributed by atoms with Crippen molar-refractivity contribution in [1.82, 2.24) is 19.1 Å². The van der Waals surface area contributed by atoms with E-state index >= 15 is 0 Å². The minimum Gasteiger partial charge on any atom is -0.497 e. The Morgan fingerprint density at radius 2 is 1.05 bits per heavy atom. The van der Waals surface area contributed by atoms with Crippen LogP contribution in [0.5, 0.6) is 11.5 Å². The standard InChI is InChI=1S/C19H14F3N3O5.C19H16F3N3O3/c1-29-12-5-3-11(4-6-12)15-9-24(10-23-15)17-7-13(18(26)30-2)16(25(27)28)8-14(17)19(20,21)22;1-27-12-5-3-11(4-6-12)16-9-25(10-24-16)17-7-13(18(26)28-2)15(23)8-14(17)19(20,21)22/h3-10H,1-2H3;3-10H,23H2,1-2H3. The summed E-state index contributed by atoms with van der Waals surface area (Å²) >= 11 is 0. The van der Waals surface area contributed by atoms with Crippen molar-refractivity contribution in [3.63, 3.8) is 0 Å². The van der Waals surface area contributed by atoms with Gasteiger partial charge in [0.1, 0.15) is 17.1 Å². The first-order valence-corrected chi connectivity index (χ1v) is 16.3. The van der Waals surface area contributed by atoms with Crippen LogP contribution in [0, 0.1) is 10.1 Å². The number of nitrogen functional groups attached to an aromatic ring is 1. The predicted octanol–water partition coefficient (Wildman–Crippen LogP) is 8.20. The number of esters is 2. The zero-order chi connectivity index (χ0) is 42.5. The van der Waals surface area contributed by atoms with Crippen molar-refractivity contribution in [1.29, 1.82) is 0 Å². The van der Waals surface area contributed by atoms with Crippen molar-refractivity contribution in [3.8, 4) is 45.4 Å². The SMILES string of the molecule is COC(=O)c1cc(-n2cnc(-c3ccc(OC)cc3)c2)c(C(F)(F)F)cc1N.COC(=O)c1cc(-n2cnc(-c3ccc(OC)cc3)c2)c(C(F)(F)F)cc1[N+](=O)[O-]. The third-order valence-corrected chi connectivity index (χ3v) is 8.39. The van der Waals surface area contributed by atoms with E-state index in [2.05, 4.69) is 19.4 Å². The number of methoxy groups -OCH3 is 4. The molecule has 20 heteroatoms. The van der Waals surface area contributed by atoms with E-state index in [0.29, 0.717) is 46.1 Å². The molecule has 2 heterocycles. The highest BCUT2D eigenvalue weighted by molar-refractivity contribution is 5.96. The number of imidazole rings is 2. The number of anilines is 1. The number of nitrogens with zero attached hydrogens (tertiary/aromatic N) is 5. The molecule has 0 bridgehead atoms. The lowest BCUT2D eigenvalue weighted by molar-refractivity contribution is -0.385. The molecule has 0 radical (unpaired) electrons. The molecule has 0 aliphatic rings. The number of benzene rings is 4. The van der Waals surface area contributed by atoms with Crippen LogP contribution in [0.1, 0.15) is 31.8 Å². The van der Waals surface area contributed by atoms with Gasteiger partial charge in [0, 0.05) is 35.3 Å². The minimum absolute atomic E-state index is 0.162. The van der Waals surface area contributed by atoms with Crippen molar-refractivity contribution in [2.24, 2.45) is 0 Å². The van der Waals surface area contributed by atoms with Crippen LogP contribution < -0.4 is 15.2 Å². The zero-order valence-electron chi connectivity index (χ0n) is 30.6. The van der Waals surface area contributed by atoms with Gasteiger partial charge < -0.3 is 33.8 Å². The molecule has 4 aromatic carbocycles. The topological polar surface area (TPSA) is 176 Å². The number of nitrogens with two attached hydrogens (primary N) is 1. The number of alkyl halides is 6. The predicted molar refractivity (Wildman–Crippen MR) is 195 cm³/mol. The fourth-order valence-corrected chi connectivity index (χ4v) is 5.51. The first kappa shape index (κ1) is 41.8. The lowest BCUT2D eigenvalue weighted by Gasteiger charge is -2.16. The number of carbonyl (C=O) groups is 2. The fraction of sp³-hybridized carbons (Fsp3) is 0.158. The fourth-order valence-electron chi connectivity index (χ4n) is 5.51. The molecule has 0 saturated heterocycles. The summed E-state index contributed by atoms with van der Waals surface area (Å²) in [6, 6.07) is 16.4. The molecule has 0 fully saturated rings. The second-order valence-electron chi connectivity index (χ2n) is 11.9. The molecule has 0 aliphatic carbocycles. The molecule has 2 N–H and O–H groups in total. The first-order valence-electron chi connectivity index (χ1n) is 16.3. The van der Waals surface area contributed by atoms with Gasteiger partial charge in [-0.05, 0) is 66.7 Å². The Kier molecular flexibility index (Phi) is 12.1. The van der Waals surface area contributed by atoms with Crippen LogP contribution in [0.2, 0.25) is 0 Å². The summed E-state index contributed by atoms with van der Waals surface area (Å²) in [6.45, 7) is 0. The highest BCUT2D eigenvalue weighted by Crippen LogP contribution is 2.39. The van der Waals surface area contributed by atoms with Crippen LogP contribution >= 0.6 is 0 Å². The van der Waals surface area contributed by atoms with Gasteiger partial charge in [0.05, 0.1) is 85.5 Å². The minimum atomic E-state index is -4.92. The summed E-state index contributed by atoms with van der Waals surface area (Å²) in [4.78, 5) is 42.2. The maximum absolute atomic E-state index is 13.6. The van der Waals surface area contributed by atoms with Crippen molar-refractivity contribution >= 4 is 23.3 Å². The summed E-state index contributed by atoms with van der Waals surface area (Å²) in [5.74, 6) is -0.727. The van der Waals surface area contributed by atoms with E-state index in [4.69, 9.17) is 15.2 Å². The second-order valence-corrected chi connectivity index (χ2v) is 11.9. The van der Waals surface area contributed by atoms with E-state index in [1.165, 1.54) is 37.5 Å². The third kappa shape index (κ3) is 9.01. The van der Waals surface area contributed by atoms with E-state index < -0.39 is 57.3 Å². The lowest BCUT2D eigenvalue weighted by atomic mass is 10.1. The molecule has 0 atom stereocenters. The summed E-state index contributed by atoms with van der Waals surface area (Å²) in [5.41, 5.74) is 2.57. The number of carbonyl (C=O) groups excluding carboxylic acids is 2. The average molecular weight is 813 g/mol. The van der Waals surface area contributed by atoms with E-state index in [9.17, 15) is 46.0 Å². The molecule has 14 nitrogen and oxygen atoms in total. The van der Waals surface area contributed by atoms with Gasteiger partial charge in [0.2, 0.25) is 0 Å². The molecule has 0 saturated carbocycles. The maximum Gasteiger partial charge on any atom is 0.418 e. The average Bonchev–Trinajstić information content (AvgIpc) is 3.91. The molecule has 6 rings (SSSR count). The number of nitro benzene ring substituents is 1. The Morgan fingerprint density at radius 1 is 0.655 bits per heavy atom. The molecule has 6 aromatic rings. The summed E-state index contributed by atoms with van der Waals surface area (Å²) in [7, 11) is 5.12. The van der Waals surface area contributed by atoms with Gasteiger partial charge in [-0.15, -0.1) is 0 Å². The van der Waals surface area contributed by atoms with Crippen molar-refractivity contribution < 1.29 is 59.8 Å². The summed E-state index contributed by atoms with van der Waals surface area (Å²) in [6.07, 6.45) is -4.48. The molecule has 0 amide bonds. The molecular formula is C38H30F6N6O8. The smallest absolute Gasteiger partial charge is 0.418 e. The van der Waals surface area contributed by atoms with Crippen LogP contribution in [-0.2, 0) is 21.8 Å². The number of nitro groups is 1. The molecule has 0 unspecified atom stereocenters. The van der Waals surface area contributed by atoms with Gasteiger partial charge >= 0.3 is 24.3 Å². The Labute approximate surface area is 324 Å². The van der Waals surface area contributed by atoms with Crippen LogP contribution in [0.25, 0.3) is 33.9 Å². The number of halogens is 6. The maximum atomic E-state index is 13.6. The molecule has 58 heavy (non-hydrogen) atoms. The normalized spacial score (nSPS) is 11.3. The first-order chi connectivity index (χ1) is 27.4. The molecule has 2 aromatic heterocycles. The van der Waals surface area contributed by atoms with Gasteiger partial charge in [-0.1, -0.05) is 0 Å². The lowest BCUT2D eigenvalue weighted by Crippen LogP contribution is -2.14. The zero-order valence-corrected chi connectivity index (χ0v) is 30.6. The number of ether oxygens (including phenoxy) is 4. The van der Waals surface area contributed by atoms with Crippen LogP contribution in [0.4, 0.5) is 37.7 Å². The Hall–Kier alpha value is -7.38. The Balaban J connectivity index is 0.000000221. The number of aromatic nitrogens is 4. The van der Waals surface area contributed by atoms with E-state index in [-0.39, 0.29) is 16.9 Å². The second kappa shape index (κ2) is 16.8. The van der Waals surface area contributed by atoms with Crippen molar-refractivity contribution in [2.75, 3.05) is 34.2 Å². The molecular weight excluding hydrogens is 782 g/mol. The Bertz CT molecular complexity index is 2460. The van der Waals surface area contributed by atoms with Crippen molar-refractivity contribution in [3.05, 3.63) is 130 Å². The highest BCUT2D eigenvalue weighted by Gasteiger charge is 2.39. The molecule has 0 aliphatic heterocycles. The molecule has 0 spiro atoms. The summed E-state index contributed by atoms with van der Waals surface area (Å²) < 4.78 is 103. The third-order valence-electron chi connectivity index (χ3n) is 8.39. The number of hydrogen-bond donors (Lipinski definition) is 1. The van der Waals surface area contributed by atoms with E-state index in [1.807, 2.05) is 0 Å². The monoisotopic (exact) mass is 812 g/mol. The van der Waals surface area contributed by atoms with Gasteiger partial charge in [-0.2, -0.15) is 26.3 Å². The van der Waals surface area contributed by atoms with Crippen LogP contribution in [0.3, 0.4) is 0 Å². The van der Waals surface area contributed by atoms with Crippen LogP contribution in [-0.4, -0.2) is 64.4 Å². The van der Waals surface area contributed by atoms with Gasteiger partial charge in [0.25, 0.3) is 5.69 Å². The number of hydrogen-bond acceptors (Lipinski definition) is 11. The highest BCUT2D eigenvalue weighted by atomic mass is 19.4. The van der Waals surface area contributed by atoms with Crippen molar-refractivity contribution in [2.45, 2.75) is 12.4 Å². The van der Waals surface area contributed by atoms with E-state index in [1.54, 1.807) is 48.5 Å². The Morgan fingerprint density at radius 3 is 1.43 bits per heavy atom. The number of rotatable bonds is 9. The van der Waals surface area contributed by atoms with E-state index in [0.717, 1.165) is 37.2 Å². The van der Waals surface area contributed by atoms with Gasteiger partial charge in [0.15, 0.2) is 0 Å². The van der Waals surface area contributed by atoms with Gasteiger partial charge in [-0.3, -0.25) is 10.1 Å².